The molecule has 0 aliphatic carbocycles. The van der Waals surface area contributed by atoms with Crippen LogP contribution in [-0.2, 0) is 9.47 Å². The lowest BCUT2D eigenvalue weighted by Gasteiger charge is -2.26. The highest BCUT2D eigenvalue weighted by Gasteiger charge is 2.19. The third-order valence-electron chi connectivity index (χ3n) is 6.27. The highest BCUT2D eigenvalue weighted by molar-refractivity contribution is 6.06. The number of carbonyl (C=O) groups excluding carboxylic acids is 2. The van der Waals surface area contributed by atoms with Crippen LogP contribution in [0, 0.1) is 0 Å². The number of rotatable bonds is 9. The van der Waals surface area contributed by atoms with Crippen molar-refractivity contribution in [2.24, 2.45) is 0 Å². The molecule has 0 atom stereocenters. The monoisotopic (exact) mass is 466 g/mol. The van der Waals surface area contributed by atoms with E-state index in [0.29, 0.717) is 24.2 Å². The van der Waals surface area contributed by atoms with Crippen LogP contribution in [0.25, 0.3) is 11.1 Å². The molecule has 34 heavy (non-hydrogen) atoms. The quantitative estimate of drug-likeness (QED) is 0.583. The van der Waals surface area contributed by atoms with E-state index < -0.39 is 0 Å². The first kappa shape index (κ1) is 24.3. The fourth-order valence-corrected chi connectivity index (χ4v) is 4.33. The van der Waals surface area contributed by atoms with Gasteiger partial charge in [0.15, 0.2) is 0 Å². The van der Waals surface area contributed by atoms with Crippen molar-refractivity contribution >= 4 is 11.8 Å². The summed E-state index contributed by atoms with van der Waals surface area (Å²) in [6.45, 7) is 9.22. The Morgan fingerprint density at radius 3 is 1.44 bits per heavy atom. The number of benzene rings is 2. The molecule has 2 N–H and O–H groups in total. The number of hydrogen-bond donors (Lipinski definition) is 2. The third-order valence-corrected chi connectivity index (χ3v) is 6.27. The Labute approximate surface area is 201 Å². The molecule has 2 aromatic rings. The smallest absolute Gasteiger partial charge is 0.251 e. The SMILES string of the molecule is O=C(NCCN1CCOCC1)c1ccccc1-c1ccccc1C(=O)NCCN1CCOCC1. The van der Waals surface area contributed by atoms with Crippen LogP contribution in [0.5, 0.6) is 0 Å². The summed E-state index contributed by atoms with van der Waals surface area (Å²) >= 11 is 0. The number of ether oxygens (including phenoxy) is 2. The Morgan fingerprint density at radius 1 is 0.647 bits per heavy atom. The molecule has 182 valence electrons. The molecule has 2 fully saturated rings. The van der Waals surface area contributed by atoms with Gasteiger partial charge in [0.1, 0.15) is 0 Å². The van der Waals surface area contributed by atoms with Gasteiger partial charge in [-0.25, -0.2) is 0 Å². The summed E-state index contributed by atoms with van der Waals surface area (Å²) in [4.78, 5) is 30.6. The molecule has 0 radical (unpaired) electrons. The first-order valence-electron chi connectivity index (χ1n) is 12.1. The van der Waals surface area contributed by atoms with Gasteiger partial charge < -0.3 is 20.1 Å². The van der Waals surface area contributed by atoms with Crippen LogP contribution >= 0.6 is 0 Å². The fourth-order valence-electron chi connectivity index (χ4n) is 4.33. The molecule has 0 bridgehead atoms. The molecule has 0 spiro atoms. The van der Waals surface area contributed by atoms with E-state index in [0.717, 1.165) is 76.8 Å². The molecular formula is C26H34N4O4. The summed E-state index contributed by atoms with van der Waals surface area (Å²) in [6, 6.07) is 14.9. The zero-order valence-electron chi connectivity index (χ0n) is 19.6. The van der Waals surface area contributed by atoms with Gasteiger partial charge in [0.25, 0.3) is 11.8 Å². The molecule has 2 heterocycles. The summed E-state index contributed by atoms with van der Waals surface area (Å²) in [5.41, 5.74) is 2.65. The molecule has 4 rings (SSSR count). The molecule has 0 aromatic heterocycles. The molecule has 2 saturated heterocycles. The van der Waals surface area contributed by atoms with Crippen LogP contribution in [0.3, 0.4) is 0 Å². The van der Waals surface area contributed by atoms with Crippen LogP contribution in [0.15, 0.2) is 48.5 Å². The second-order valence-electron chi connectivity index (χ2n) is 8.51. The Kier molecular flexibility index (Phi) is 9.04. The first-order valence-corrected chi connectivity index (χ1v) is 12.1. The molecule has 0 saturated carbocycles. The standard InChI is InChI=1S/C26H34N4O4/c31-25(27-9-11-29-13-17-33-18-14-29)23-7-3-1-5-21(23)22-6-2-4-8-24(22)26(32)28-10-12-30-15-19-34-20-16-30/h1-8H,9-20H2,(H,27,31)(H,28,32). The molecule has 0 unspecified atom stereocenters. The van der Waals surface area contributed by atoms with E-state index in [4.69, 9.17) is 9.47 Å². The van der Waals surface area contributed by atoms with Crippen molar-refractivity contribution in [1.82, 2.24) is 20.4 Å². The van der Waals surface area contributed by atoms with Crippen molar-refractivity contribution in [3.63, 3.8) is 0 Å². The lowest BCUT2D eigenvalue weighted by atomic mass is 9.94. The topological polar surface area (TPSA) is 83.1 Å². The Balaban J connectivity index is 1.40. The first-order chi connectivity index (χ1) is 16.7. The molecule has 2 aliphatic rings. The van der Waals surface area contributed by atoms with E-state index in [2.05, 4.69) is 20.4 Å². The number of morpholine rings is 2. The predicted octanol–water partition coefficient (Wildman–Crippen LogP) is 1.48. The van der Waals surface area contributed by atoms with E-state index in [-0.39, 0.29) is 11.8 Å². The average molecular weight is 467 g/mol. The van der Waals surface area contributed by atoms with Gasteiger partial charge in [0, 0.05) is 63.5 Å². The van der Waals surface area contributed by atoms with Crippen LogP contribution in [-0.4, -0.2) is 100 Å². The summed E-state index contributed by atoms with van der Waals surface area (Å²) in [5.74, 6) is -0.266. The van der Waals surface area contributed by atoms with Gasteiger partial charge in [-0.2, -0.15) is 0 Å². The van der Waals surface area contributed by atoms with E-state index in [1.807, 2.05) is 48.5 Å². The van der Waals surface area contributed by atoms with Crippen molar-refractivity contribution in [1.29, 1.82) is 0 Å². The minimum atomic E-state index is -0.133. The van der Waals surface area contributed by atoms with Crippen molar-refractivity contribution in [2.45, 2.75) is 0 Å². The zero-order chi connectivity index (χ0) is 23.6. The number of carbonyl (C=O) groups is 2. The summed E-state index contributed by atoms with van der Waals surface area (Å²) in [6.07, 6.45) is 0. The molecule has 8 heteroatoms. The maximum absolute atomic E-state index is 13.0. The largest absolute Gasteiger partial charge is 0.379 e. The van der Waals surface area contributed by atoms with Crippen LogP contribution < -0.4 is 10.6 Å². The van der Waals surface area contributed by atoms with E-state index in [1.54, 1.807) is 0 Å². The van der Waals surface area contributed by atoms with Crippen molar-refractivity contribution in [2.75, 3.05) is 78.8 Å². The Morgan fingerprint density at radius 2 is 1.03 bits per heavy atom. The number of nitrogens with zero attached hydrogens (tertiary/aromatic N) is 2. The van der Waals surface area contributed by atoms with Gasteiger partial charge in [-0.1, -0.05) is 36.4 Å². The lowest BCUT2D eigenvalue weighted by molar-refractivity contribution is 0.0382. The van der Waals surface area contributed by atoms with E-state index >= 15 is 0 Å². The molecule has 8 nitrogen and oxygen atoms in total. The van der Waals surface area contributed by atoms with Crippen LogP contribution in [0.2, 0.25) is 0 Å². The van der Waals surface area contributed by atoms with E-state index in [9.17, 15) is 9.59 Å². The molecule has 2 amide bonds. The summed E-state index contributed by atoms with van der Waals surface area (Å²) in [5, 5.41) is 6.08. The van der Waals surface area contributed by atoms with Gasteiger partial charge in [-0.3, -0.25) is 19.4 Å². The number of hydrogen-bond acceptors (Lipinski definition) is 6. The van der Waals surface area contributed by atoms with Gasteiger partial charge in [-0.05, 0) is 23.3 Å². The second-order valence-corrected chi connectivity index (χ2v) is 8.51. The van der Waals surface area contributed by atoms with Crippen molar-refractivity contribution in [3.8, 4) is 11.1 Å². The number of amides is 2. The number of nitrogens with one attached hydrogen (secondary N) is 2. The predicted molar refractivity (Wildman–Crippen MR) is 131 cm³/mol. The summed E-state index contributed by atoms with van der Waals surface area (Å²) in [7, 11) is 0. The molecular weight excluding hydrogens is 432 g/mol. The minimum absolute atomic E-state index is 0.133. The Bertz CT molecular complexity index is 878. The third kappa shape index (κ3) is 6.64. The molecule has 2 aliphatic heterocycles. The fraction of sp³-hybridized carbons (Fsp3) is 0.462. The Hall–Kier alpha value is -2.78. The highest BCUT2D eigenvalue weighted by atomic mass is 16.5. The van der Waals surface area contributed by atoms with Crippen molar-refractivity contribution < 1.29 is 19.1 Å². The zero-order valence-corrected chi connectivity index (χ0v) is 19.6. The average Bonchev–Trinajstić information content (AvgIpc) is 2.90. The maximum atomic E-state index is 13.0. The highest BCUT2D eigenvalue weighted by Crippen LogP contribution is 2.27. The van der Waals surface area contributed by atoms with Gasteiger partial charge >= 0.3 is 0 Å². The van der Waals surface area contributed by atoms with Crippen molar-refractivity contribution in [3.05, 3.63) is 59.7 Å². The summed E-state index contributed by atoms with van der Waals surface area (Å²) < 4.78 is 10.8. The maximum Gasteiger partial charge on any atom is 0.251 e. The van der Waals surface area contributed by atoms with Gasteiger partial charge in [0.2, 0.25) is 0 Å². The second kappa shape index (κ2) is 12.6. The van der Waals surface area contributed by atoms with Gasteiger partial charge in [-0.15, -0.1) is 0 Å². The normalized spacial score (nSPS) is 17.3. The van der Waals surface area contributed by atoms with Crippen LogP contribution in [0.4, 0.5) is 0 Å². The van der Waals surface area contributed by atoms with E-state index in [1.165, 1.54) is 0 Å². The molecule has 2 aromatic carbocycles. The van der Waals surface area contributed by atoms with Gasteiger partial charge in [0.05, 0.1) is 26.4 Å². The van der Waals surface area contributed by atoms with Crippen LogP contribution in [0.1, 0.15) is 20.7 Å². The minimum Gasteiger partial charge on any atom is -0.379 e. The lowest BCUT2D eigenvalue weighted by Crippen LogP contribution is -2.41.